The number of carboxylic acids is 1. The van der Waals surface area contributed by atoms with Gasteiger partial charge in [-0.05, 0) is 23.8 Å². The Bertz CT molecular complexity index is 739. The molecule has 0 aromatic heterocycles. The fraction of sp³-hybridized carbons (Fsp3) is 0.118. The van der Waals surface area contributed by atoms with Gasteiger partial charge in [-0.2, -0.15) is 5.10 Å². The number of hydrogen-bond acceptors (Lipinski definition) is 4. The van der Waals surface area contributed by atoms with Crippen LogP contribution in [0.1, 0.15) is 22.3 Å². The number of rotatable bonds is 3. The van der Waals surface area contributed by atoms with Gasteiger partial charge in [-0.25, -0.2) is 9.79 Å². The average Bonchev–Trinajstić information content (AvgIpc) is 3.03. The van der Waals surface area contributed by atoms with Crippen LogP contribution < -0.4 is 5.01 Å². The molecule has 1 aliphatic heterocycles. The molecule has 1 aliphatic rings. The molecule has 0 fully saturated rings. The lowest BCUT2D eigenvalue weighted by molar-refractivity contribution is 0.0697. The van der Waals surface area contributed by atoms with Gasteiger partial charge in [-0.3, -0.25) is 5.01 Å². The monoisotopic (exact) mass is 293 g/mol. The number of aromatic carboxylic acids is 1. The normalized spacial score (nSPS) is 14.4. The van der Waals surface area contributed by atoms with Crippen LogP contribution in [-0.2, 0) is 0 Å². The minimum atomic E-state index is -0.938. The Balaban J connectivity index is 1.75. The summed E-state index contributed by atoms with van der Waals surface area (Å²) in [5.41, 5.74) is 2.05. The first kappa shape index (κ1) is 14.0. The molecule has 3 rings (SSSR count). The Morgan fingerprint density at radius 2 is 2.00 bits per heavy atom. The number of anilines is 1. The molecule has 0 aliphatic carbocycles. The Labute approximate surface area is 128 Å². The lowest BCUT2D eigenvalue weighted by Gasteiger charge is -2.13. The molecular weight excluding hydrogens is 278 g/mol. The predicted octanol–water partition coefficient (Wildman–Crippen LogP) is 3.03. The number of aliphatic imine (C=N–C) groups is 1. The molecule has 5 nitrogen and oxygen atoms in total. The average molecular weight is 293 g/mol. The van der Waals surface area contributed by atoms with Crippen LogP contribution in [-0.4, -0.2) is 29.7 Å². The Kier molecular flexibility index (Phi) is 3.96. The zero-order chi connectivity index (χ0) is 15.4. The van der Waals surface area contributed by atoms with Crippen molar-refractivity contribution in [3.05, 3.63) is 65.7 Å². The number of nitrogens with zero attached hydrogens (tertiary/aromatic N) is 3. The molecule has 0 atom stereocenters. The van der Waals surface area contributed by atoms with Crippen LogP contribution >= 0.6 is 0 Å². The molecule has 0 saturated carbocycles. The summed E-state index contributed by atoms with van der Waals surface area (Å²) in [5.74, 6) is -0.197. The lowest BCUT2D eigenvalue weighted by Crippen LogP contribution is -2.12. The van der Waals surface area contributed by atoms with E-state index in [1.165, 1.54) is 0 Å². The van der Waals surface area contributed by atoms with E-state index in [0.717, 1.165) is 23.5 Å². The van der Waals surface area contributed by atoms with Crippen molar-refractivity contribution in [2.75, 3.05) is 11.6 Å². The van der Waals surface area contributed by atoms with Gasteiger partial charge in [0, 0.05) is 19.2 Å². The zero-order valence-corrected chi connectivity index (χ0v) is 11.9. The molecule has 1 heterocycles. The molecule has 0 bridgehead atoms. The van der Waals surface area contributed by atoms with E-state index in [0.29, 0.717) is 6.54 Å². The van der Waals surface area contributed by atoms with E-state index in [1.54, 1.807) is 29.4 Å². The maximum atomic E-state index is 11.0. The standard InChI is InChI=1S/C17H15N3O2/c21-17(22)14-7-4-8-15(11-14)20-10-9-16(19-20)18-12-13-5-2-1-3-6-13/h1-8,11-12H,9-10H2,(H,21,22)/b18-12+. The molecule has 0 unspecified atom stereocenters. The van der Waals surface area contributed by atoms with Crippen LogP contribution in [0.2, 0.25) is 0 Å². The van der Waals surface area contributed by atoms with E-state index in [2.05, 4.69) is 10.1 Å². The van der Waals surface area contributed by atoms with E-state index in [4.69, 9.17) is 5.11 Å². The minimum absolute atomic E-state index is 0.258. The van der Waals surface area contributed by atoms with E-state index < -0.39 is 5.97 Å². The van der Waals surface area contributed by atoms with Crippen LogP contribution in [0.3, 0.4) is 0 Å². The second kappa shape index (κ2) is 6.22. The van der Waals surface area contributed by atoms with Gasteiger partial charge in [0.05, 0.1) is 11.3 Å². The van der Waals surface area contributed by atoms with Gasteiger partial charge in [-0.15, -0.1) is 0 Å². The quantitative estimate of drug-likeness (QED) is 0.885. The third-order valence-corrected chi connectivity index (χ3v) is 3.34. The number of carboxylic acid groups (broad SMARTS) is 1. The van der Waals surface area contributed by atoms with Crippen molar-refractivity contribution in [2.24, 2.45) is 10.1 Å². The third-order valence-electron chi connectivity index (χ3n) is 3.34. The summed E-state index contributed by atoms with van der Waals surface area (Å²) in [6.07, 6.45) is 2.52. The smallest absolute Gasteiger partial charge is 0.335 e. The number of hydrazone groups is 1. The van der Waals surface area contributed by atoms with Crippen molar-refractivity contribution >= 4 is 23.7 Å². The molecule has 0 saturated heterocycles. The maximum Gasteiger partial charge on any atom is 0.335 e. The molecule has 2 aromatic carbocycles. The Hall–Kier alpha value is -2.95. The van der Waals surface area contributed by atoms with Crippen molar-refractivity contribution in [1.29, 1.82) is 0 Å². The van der Waals surface area contributed by atoms with Gasteiger partial charge in [0.15, 0.2) is 5.84 Å². The van der Waals surface area contributed by atoms with Crippen LogP contribution in [0, 0.1) is 0 Å². The Morgan fingerprint density at radius 1 is 1.18 bits per heavy atom. The predicted molar refractivity (Wildman–Crippen MR) is 86.8 cm³/mol. The number of benzene rings is 2. The van der Waals surface area contributed by atoms with Crippen LogP contribution in [0.5, 0.6) is 0 Å². The van der Waals surface area contributed by atoms with Crippen LogP contribution in [0.4, 0.5) is 5.69 Å². The van der Waals surface area contributed by atoms with E-state index in [9.17, 15) is 4.79 Å². The maximum absolute atomic E-state index is 11.0. The summed E-state index contributed by atoms with van der Waals surface area (Å²) < 4.78 is 0. The van der Waals surface area contributed by atoms with Gasteiger partial charge in [0.2, 0.25) is 0 Å². The molecular formula is C17H15N3O2. The van der Waals surface area contributed by atoms with Crippen LogP contribution in [0.25, 0.3) is 0 Å². The first-order chi connectivity index (χ1) is 10.7. The first-order valence-electron chi connectivity index (χ1n) is 7.00. The number of amidine groups is 1. The molecule has 2 aromatic rings. The topological polar surface area (TPSA) is 65.3 Å². The molecule has 0 spiro atoms. The molecule has 110 valence electrons. The fourth-order valence-electron chi connectivity index (χ4n) is 2.21. The van der Waals surface area contributed by atoms with Gasteiger partial charge in [0.25, 0.3) is 0 Å². The zero-order valence-electron chi connectivity index (χ0n) is 11.9. The summed E-state index contributed by atoms with van der Waals surface area (Å²) >= 11 is 0. The largest absolute Gasteiger partial charge is 0.478 e. The highest BCUT2D eigenvalue weighted by molar-refractivity contribution is 5.96. The molecule has 1 N–H and O–H groups in total. The summed E-state index contributed by atoms with van der Waals surface area (Å²) in [6.45, 7) is 0.699. The minimum Gasteiger partial charge on any atom is -0.478 e. The summed E-state index contributed by atoms with van der Waals surface area (Å²) in [5, 5.41) is 15.3. The second-order valence-corrected chi connectivity index (χ2v) is 4.91. The highest BCUT2D eigenvalue weighted by Gasteiger charge is 2.16. The second-order valence-electron chi connectivity index (χ2n) is 4.91. The molecule has 0 radical (unpaired) electrons. The van der Waals surface area contributed by atoms with Crippen LogP contribution in [0.15, 0.2) is 64.7 Å². The number of carbonyl (C=O) groups is 1. The number of hydrogen-bond donors (Lipinski definition) is 1. The van der Waals surface area contributed by atoms with E-state index in [1.807, 2.05) is 36.4 Å². The van der Waals surface area contributed by atoms with Crippen molar-refractivity contribution in [3.63, 3.8) is 0 Å². The summed E-state index contributed by atoms with van der Waals surface area (Å²) in [7, 11) is 0. The van der Waals surface area contributed by atoms with Crippen molar-refractivity contribution < 1.29 is 9.90 Å². The summed E-state index contributed by atoms with van der Waals surface area (Å²) in [6, 6.07) is 16.6. The molecule has 0 amide bonds. The van der Waals surface area contributed by atoms with Crippen molar-refractivity contribution in [2.45, 2.75) is 6.42 Å². The summed E-state index contributed by atoms with van der Waals surface area (Å²) in [4.78, 5) is 15.4. The SMILES string of the molecule is O=C(O)c1cccc(N2CCC(/N=C/c3ccccc3)=N2)c1. The van der Waals surface area contributed by atoms with Gasteiger partial charge >= 0.3 is 5.97 Å². The van der Waals surface area contributed by atoms with E-state index in [-0.39, 0.29) is 5.56 Å². The Morgan fingerprint density at radius 3 is 2.77 bits per heavy atom. The fourth-order valence-corrected chi connectivity index (χ4v) is 2.21. The first-order valence-corrected chi connectivity index (χ1v) is 7.00. The highest BCUT2D eigenvalue weighted by Crippen LogP contribution is 2.21. The lowest BCUT2D eigenvalue weighted by atomic mass is 10.2. The van der Waals surface area contributed by atoms with Gasteiger partial charge in [-0.1, -0.05) is 36.4 Å². The highest BCUT2D eigenvalue weighted by atomic mass is 16.4. The third kappa shape index (κ3) is 3.20. The van der Waals surface area contributed by atoms with Gasteiger partial charge in [0.1, 0.15) is 0 Å². The van der Waals surface area contributed by atoms with Gasteiger partial charge < -0.3 is 5.11 Å². The molecule has 5 heteroatoms. The van der Waals surface area contributed by atoms with Crippen molar-refractivity contribution in [1.82, 2.24) is 0 Å². The van der Waals surface area contributed by atoms with E-state index >= 15 is 0 Å². The van der Waals surface area contributed by atoms with Crippen molar-refractivity contribution in [3.8, 4) is 0 Å². The molecule has 22 heavy (non-hydrogen) atoms.